The summed E-state index contributed by atoms with van der Waals surface area (Å²) in [4.78, 5) is 0. The predicted molar refractivity (Wildman–Crippen MR) is 45.1 cm³/mol. The second-order valence-corrected chi connectivity index (χ2v) is 2.87. The Balaban J connectivity index is 3.07. The van der Waals surface area contributed by atoms with Crippen LogP contribution in [0.25, 0.3) is 0 Å². The normalized spacial score (nSPS) is 13.4. The molecule has 0 saturated heterocycles. The molecule has 0 rings (SSSR count). The number of unbranched alkanes of at least 4 members (excludes halogenated alkanes) is 3. The monoisotopic (exact) mass is 159 g/mol. The summed E-state index contributed by atoms with van der Waals surface area (Å²) in [6, 6.07) is 0. The minimum atomic E-state index is -0.0946. The van der Waals surface area contributed by atoms with Crippen molar-refractivity contribution in [2.75, 3.05) is 13.7 Å². The summed E-state index contributed by atoms with van der Waals surface area (Å²) < 4.78 is 4.97. The van der Waals surface area contributed by atoms with Gasteiger partial charge >= 0.3 is 0 Å². The molecule has 11 heavy (non-hydrogen) atoms. The molecular weight excluding hydrogens is 140 g/mol. The van der Waals surface area contributed by atoms with Gasteiger partial charge in [0.2, 0.25) is 0 Å². The smallest absolute Gasteiger partial charge is 0.108 e. The van der Waals surface area contributed by atoms with Crippen LogP contribution in [0.15, 0.2) is 0 Å². The van der Waals surface area contributed by atoms with Gasteiger partial charge in [-0.05, 0) is 6.42 Å². The van der Waals surface area contributed by atoms with Crippen molar-refractivity contribution >= 4 is 0 Å². The minimum Gasteiger partial charge on any atom is -0.379 e. The lowest BCUT2D eigenvalue weighted by Gasteiger charge is -2.09. The van der Waals surface area contributed by atoms with Crippen LogP contribution in [0.5, 0.6) is 0 Å². The molecule has 0 aliphatic rings. The summed E-state index contributed by atoms with van der Waals surface area (Å²) in [5.74, 6) is 0. The Hall–Kier alpha value is -0.0800. The van der Waals surface area contributed by atoms with Crippen molar-refractivity contribution in [3.05, 3.63) is 0 Å². The molecule has 0 bridgehead atoms. The fourth-order valence-electron chi connectivity index (χ4n) is 1.07. The van der Waals surface area contributed by atoms with E-state index in [1.165, 1.54) is 19.3 Å². The standard InChI is InChI=1S/C9H19O2/c1-3-4-5-6-7-9(8-10)11-2/h9H,3-8H2,1-2H3. The van der Waals surface area contributed by atoms with Gasteiger partial charge in [-0.15, -0.1) is 0 Å². The van der Waals surface area contributed by atoms with Crippen LogP contribution in [0.4, 0.5) is 0 Å². The molecule has 0 N–H and O–H groups in total. The van der Waals surface area contributed by atoms with Crippen molar-refractivity contribution in [1.29, 1.82) is 0 Å². The van der Waals surface area contributed by atoms with Gasteiger partial charge in [-0.2, -0.15) is 0 Å². The molecule has 0 aliphatic heterocycles. The summed E-state index contributed by atoms with van der Waals surface area (Å²) in [6.07, 6.45) is 5.77. The number of hydrogen-bond acceptors (Lipinski definition) is 1. The first-order valence-electron chi connectivity index (χ1n) is 4.46. The Morgan fingerprint density at radius 2 is 2.00 bits per heavy atom. The van der Waals surface area contributed by atoms with E-state index in [1.54, 1.807) is 7.11 Å². The molecule has 0 aromatic carbocycles. The van der Waals surface area contributed by atoms with E-state index in [4.69, 9.17) is 4.74 Å². The van der Waals surface area contributed by atoms with Crippen molar-refractivity contribution in [2.45, 2.75) is 45.1 Å². The number of hydrogen-bond donors (Lipinski definition) is 0. The highest BCUT2D eigenvalue weighted by molar-refractivity contribution is 4.54. The van der Waals surface area contributed by atoms with Crippen LogP contribution in [-0.2, 0) is 9.84 Å². The van der Waals surface area contributed by atoms with Crippen LogP contribution >= 0.6 is 0 Å². The van der Waals surface area contributed by atoms with Crippen LogP contribution in [0.2, 0.25) is 0 Å². The Kier molecular flexibility index (Phi) is 7.96. The molecule has 2 heteroatoms. The average Bonchev–Trinajstić information content (AvgIpc) is 2.05. The van der Waals surface area contributed by atoms with E-state index in [0.29, 0.717) is 0 Å². The van der Waals surface area contributed by atoms with Gasteiger partial charge in [0.25, 0.3) is 0 Å². The maximum absolute atomic E-state index is 10.4. The third-order valence-corrected chi connectivity index (χ3v) is 1.90. The Bertz CT molecular complexity index is 70.0. The maximum atomic E-state index is 10.4. The Morgan fingerprint density at radius 3 is 2.45 bits per heavy atom. The molecule has 0 aromatic heterocycles. The second kappa shape index (κ2) is 8.02. The fourth-order valence-corrected chi connectivity index (χ4v) is 1.07. The molecule has 2 nitrogen and oxygen atoms in total. The molecule has 0 spiro atoms. The second-order valence-electron chi connectivity index (χ2n) is 2.87. The summed E-state index contributed by atoms with van der Waals surface area (Å²) in [7, 11) is 1.61. The van der Waals surface area contributed by atoms with Crippen LogP contribution in [0.1, 0.15) is 39.0 Å². The van der Waals surface area contributed by atoms with Crippen molar-refractivity contribution < 1.29 is 9.84 Å². The van der Waals surface area contributed by atoms with Crippen molar-refractivity contribution in [3.63, 3.8) is 0 Å². The number of rotatable bonds is 7. The van der Waals surface area contributed by atoms with Crippen molar-refractivity contribution in [2.24, 2.45) is 0 Å². The Morgan fingerprint density at radius 1 is 1.27 bits per heavy atom. The van der Waals surface area contributed by atoms with Crippen LogP contribution in [0, 0.1) is 0 Å². The van der Waals surface area contributed by atoms with Gasteiger partial charge in [-0.1, -0.05) is 32.6 Å². The molecule has 0 fully saturated rings. The zero-order valence-corrected chi connectivity index (χ0v) is 7.64. The van der Waals surface area contributed by atoms with E-state index >= 15 is 0 Å². The largest absolute Gasteiger partial charge is 0.379 e. The van der Waals surface area contributed by atoms with Crippen molar-refractivity contribution in [1.82, 2.24) is 0 Å². The zero-order chi connectivity index (χ0) is 8.53. The lowest BCUT2D eigenvalue weighted by molar-refractivity contribution is 0.0143. The molecule has 0 amide bonds. The lowest BCUT2D eigenvalue weighted by atomic mass is 10.1. The lowest BCUT2D eigenvalue weighted by Crippen LogP contribution is -2.14. The van der Waals surface area contributed by atoms with Gasteiger partial charge in [-0.25, -0.2) is 5.11 Å². The minimum absolute atomic E-state index is 0.0492. The molecule has 1 atom stereocenters. The van der Waals surface area contributed by atoms with Crippen LogP contribution < -0.4 is 0 Å². The van der Waals surface area contributed by atoms with Gasteiger partial charge in [0, 0.05) is 7.11 Å². The third kappa shape index (κ3) is 6.32. The SMILES string of the molecule is CCCCCCC(C[O])OC. The third-order valence-electron chi connectivity index (χ3n) is 1.90. The molecular formula is C9H19O2. The molecule has 1 unspecified atom stereocenters. The predicted octanol–water partition coefficient (Wildman–Crippen LogP) is 2.40. The highest BCUT2D eigenvalue weighted by atomic mass is 16.5. The molecule has 67 valence electrons. The number of ether oxygens (including phenoxy) is 1. The van der Waals surface area contributed by atoms with Crippen LogP contribution in [0.3, 0.4) is 0 Å². The van der Waals surface area contributed by atoms with Gasteiger partial charge in [0.05, 0.1) is 6.10 Å². The van der Waals surface area contributed by atoms with E-state index < -0.39 is 0 Å². The summed E-state index contributed by atoms with van der Waals surface area (Å²) >= 11 is 0. The fraction of sp³-hybridized carbons (Fsp3) is 1.00. The average molecular weight is 159 g/mol. The first kappa shape index (κ1) is 10.9. The molecule has 0 aromatic rings. The van der Waals surface area contributed by atoms with E-state index in [0.717, 1.165) is 12.8 Å². The highest BCUT2D eigenvalue weighted by Crippen LogP contribution is 2.06. The number of methoxy groups -OCH3 is 1. The molecule has 0 aliphatic carbocycles. The maximum Gasteiger partial charge on any atom is 0.108 e. The zero-order valence-electron chi connectivity index (χ0n) is 7.64. The highest BCUT2D eigenvalue weighted by Gasteiger charge is 2.04. The summed E-state index contributed by atoms with van der Waals surface area (Å²) in [5, 5.41) is 10.4. The van der Waals surface area contributed by atoms with E-state index in [2.05, 4.69) is 6.92 Å². The first-order chi connectivity index (χ1) is 5.35. The van der Waals surface area contributed by atoms with Crippen LogP contribution in [-0.4, -0.2) is 19.8 Å². The first-order valence-corrected chi connectivity index (χ1v) is 4.46. The van der Waals surface area contributed by atoms with E-state index in [-0.39, 0.29) is 12.7 Å². The van der Waals surface area contributed by atoms with Gasteiger partial charge < -0.3 is 4.74 Å². The molecule has 0 saturated carbocycles. The van der Waals surface area contributed by atoms with E-state index in [9.17, 15) is 5.11 Å². The topological polar surface area (TPSA) is 29.1 Å². The quantitative estimate of drug-likeness (QED) is 0.524. The molecule has 1 radical (unpaired) electrons. The summed E-state index contributed by atoms with van der Waals surface area (Å²) in [6.45, 7) is 2.09. The van der Waals surface area contributed by atoms with Gasteiger partial charge in [0.15, 0.2) is 0 Å². The Labute approximate surface area is 69.6 Å². The summed E-state index contributed by atoms with van der Waals surface area (Å²) in [5.41, 5.74) is 0. The molecule has 0 heterocycles. The van der Waals surface area contributed by atoms with Crippen molar-refractivity contribution in [3.8, 4) is 0 Å². The van der Waals surface area contributed by atoms with Gasteiger partial charge in [-0.3, -0.25) is 0 Å². The van der Waals surface area contributed by atoms with E-state index in [1.807, 2.05) is 0 Å². The van der Waals surface area contributed by atoms with Gasteiger partial charge in [0.1, 0.15) is 6.61 Å².